The fraction of sp³-hybridized carbons (Fsp3) is 0.364. The van der Waals surface area contributed by atoms with Gasteiger partial charge in [0.15, 0.2) is 5.76 Å². The average molecular weight is 424 g/mol. The molecular formula is C22H24N4O5. The summed E-state index contributed by atoms with van der Waals surface area (Å²) >= 11 is 0. The van der Waals surface area contributed by atoms with Crippen molar-refractivity contribution < 1.29 is 23.2 Å². The highest BCUT2D eigenvalue weighted by Crippen LogP contribution is 2.29. The molecular weight excluding hydrogens is 400 g/mol. The lowest BCUT2D eigenvalue weighted by molar-refractivity contribution is -0.117. The number of carbonyl (C=O) groups is 2. The van der Waals surface area contributed by atoms with Crippen LogP contribution in [0.25, 0.3) is 11.7 Å². The molecule has 0 atom stereocenters. The topological polar surface area (TPSA) is 111 Å². The molecule has 2 aromatic heterocycles. The van der Waals surface area contributed by atoms with Crippen molar-refractivity contribution >= 4 is 17.6 Å². The Kier molecular flexibility index (Phi) is 6.42. The van der Waals surface area contributed by atoms with Crippen molar-refractivity contribution in [2.24, 2.45) is 0 Å². The van der Waals surface area contributed by atoms with Gasteiger partial charge < -0.3 is 18.9 Å². The molecule has 9 heteroatoms. The number of nitrogens with zero attached hydrogens (tertiary/aromatic N) is 3. The van der Waals surface area contributed by atoms with Crippen LogP contribution < -0.4 is 5.32 Å². The fourth-order valence-electron chi connectivity index (χ4n) is 3.55. The predicted molar refractivity (Wildman–Crippen MR) is 111 cm³/mol. The Morgan fingerprint density at radius 3 is 2.61 bits per heavy atom. The molecule has 1 saturated heterocycles. The molecule has 0 aliphatic carbocycles. The van der Waals surface area contributed by atoms with Crippen LogP contribution in [0.15, 0.2) is 51.5 Å². The van der Waals surface area contributed by atoms with Crippen LogP contribution in [0.1, 0.15) is 41.9 Å². The van der Waals surface area contributed by atoms with Crippen molar-refractivity contribution in [3.05, 3.63) is 54.1 Å². The number of furan rings is 1. The van der Waals surface area contributed by atoms with Gasteiger partial charge in [-0.3, -0.25) is 9.69 Å². The Morgan fingerprint density at radius 1 is 1.16 bits per heavy atom. The third-order valence-electron chi connectivity index (χ3n) is 5.16. The second kappa shape index (κ2) is 9.57. The van der Waals surface area contributed by atoms with E-state index >= 15 is 0 Å². The first-order valence-corrected chi connectivity index (χ1v) is 10.3. The van der Waals surface area contributed by atoms with Gasteiger partial charge >= 0.3 is 5.97 Å². The zero-order valence-corrected chi connectivity index (χ0v) is 17.2. The summed E-state index contributed by atoms with van der Waals surface area (Å²) in [5.74, 6) is 1.25. The second-order valence-electron chi connectivity index (χ2n) is 7.32. The molecule has 1 aliphatic rings. The number of benzene rings is 1. The first kappa shape index (κ1) is 20.8. The number of esters is 1. The maximum absolute atomic E-state index is 12.4. The van der Waals surface area contributed by atoms with Crippen LogP contribution in [0.4, 0.5) is 5.69 Å². The molecule has 1 fully saturated rings. The van der Waals surface area contributed by atoms with Gasteiger partial charge in [-0.15, -0.1) is 10.2 Å². The van der Waals surface area contributed by atoms with E-state index in [4.69, 9.17) is 13.6 Å². The van der Waals surface area contributed by atoms with E-state index in [1.165, 1.54) is 0 Å². The number of anilines is 1. The van der Waals surface area contributed by atoms with E-state index in [1.807, 2.05) is 0 Å². The monoisotopic (exact) mass is 424 g/mol. The number of aromatic nitrogens is 2. The maximum atomic E-state index is 12.4. The van der Waals surface area contributed by atoms with Gasteiger partial charge in [-0.2, -0.15) is 0 Å². The highest BCUT2D eigenvalue weighted by atomic mass is 16.5. The Balaban J connectivity index is 1.24. The van der Waals surface area contributed by atoms with Crippen molar-refractivity contribution in [3.8, 4) is 11.7 Å². The number of likely N-dealkylation sites (tertiary alicyclic amines) is 1. The third-order valence-corrected chi connectivity index (χ3v) is 5.16. The molecule has 0 spiro atoms. The summed E-state index contributed by atoms with van der Waals surface area (Å²) in [7, 11) is 0. The zero-order chi connectivity index (χ0) is 21.6. The summed E-state index contributed by atoms with van der Waals surface area (Å²) in [6, 6.07) is 10.2. The molecule has 4 rings (SSSR count). The third kappa shape index (κ3) is 5.18. The molecule has 0 saturated carbocycles. The molecule has 1 amide bonds. The Labute approximate surface area is 179 Å². The summed E-state index contributed by atoms with van der Waals surface area (Å²) in [5, 5.41) is 11.1. The van der Waals surface area contributed by atoms with Gasteiger partial charge in [0.2, 0.25) is 11.8 Å². The first-order chi connectivity index (χ1) is 15.1. The minimum Gasteiger partial charge on any atom is -0.462 e. The van der Waals surface area contributed by atoms with E-state index in [-0.39, 0.29) is 17.8 Å². The largest absolute Gasteiger partial charge is 0.462 e. The van der Waals surface area contributed by atoms with Crippen LogP contribution in [0.2, 0.25) is 0 Å². The molecule has 1 aromatic carbocycles. The Hall–Kier alpha value is -3.46. The molecule has 0 unspecified atom stereocenters. The van der Waals surface area contributed by atoms with Gasteiger partial charge in [0.05, 0.1) is 25.0 Å². The number of ether oxygens (including phenoxy) is 1. The van der Waals surface area contributed by atoms with Crippen molar-refractivity contribution in [1.29, 1.82) is 0 Å². The van der Waals surface area contributed by atoms with Crippen LogP contribution in [-0.2, 0) is 9.53 Å². The van der Waals surface area contributed by atoms with Crippen LogP contribution in [0.3, 0.4) is 0 Å². The molecule has 31 heavy (non-hydrogen) atoms. The first-order valence-electron chi connectivity index (χ1n) is 10.3. The van der Waals surface area contributed by atoms with E-state index in [9.17, 15) is 9.59 Å². The molecule has 3 heterocycles. The molecule has 0 radical (unpaired) electrons. The van der Waals surface area contributed by atoms with Crippen molar-refractivity contribution in [2.75, 3.05) is 31.6 Å². The minimum absolute atomic E-state index is 0.0970. The van der Waals surface area contributed by atoms with Crippen LogP contribution in [0.5, 0.6) is 0 Å². The quantitative estimate of drug-likeness (QED) is 0.575. The molecule has 1 N–H and O–H groups in total. The zero-order valence-electron chi connectivity index (χ0n) is 17.2. The van der Waals surface area contributed by atoms with Crippen LogP contribution in [-0.4, -0.2) is 53.2 Å². The lowest BCUT2D eigenvalue weighted by Crippen LogP contribution is -2.38. The van der Waals surface area contributed by atoms with E-state index in [2.05, 4.69) is 20.4 Å². The number of hydrogen-bond acceptors (Lipinski definition) is 8. The van der Waals surface area contributed by atoms with Gasteiger partial charge in [-0.05, 0) is 69.3 Å². The van der Waals surface area contributed by atoms with Gasteiger partial charge in [0.25, 0.3) is 5.89 Å². The fourth-order valence-corrected chi connectivity index (χ4v) is 3.55. The molecule has 9 nitrogen and oxygen atoms in total. The summed E-state index contributed by atoms with van der Waals surface area (Å²) in [6.07, 6.45) is 3.24. The molecule has 162 valence electrons. The van der Waals surface area contributed by atoms with E-state index < -0.39 is 0 Å². The van der Waals surface area contributed by atoms with Gasteiger partial charge in [-0.25, -0.2) is 4.79 Å². The summed E-state index contributed by atoms with van der Waals surface area (Å²) in [4.78, 5) is 26.2. The number of hydrogen-bond donors (Lipinski definition) is 1. The number of piperidine rings is 1. The van der Waals surface area contributed by atoms with Crippen molar-refractivity contribution in [2.45, 2.75) is 25.7 Å². The standard InChI is InChI=1S/C22H24N4O5/c1-2-29-22(28)16-5-7-17(8-6-16)23-19(27)14-26-11-9-15(10-12-26)20-24-25-21(31-20)18-4-3-13-30-18/h3-8,13,15H,2,9-12,14H2,1H3,(H,23,27). The molecule has 1 aliphatic heterocycles. The number of nitrogens with one attached hydrogen (secondary N) is 1. The van der Waals surface area contributed by atoms with Crippen LogP contribution in [0, 0.1) is 0 Å². The maximum Gasteiger partial charge on any atom is 0.338 e. The minimum atomic E-state index is -0.374. The van der Waals surface area contributed by atoms with Crippen molar-refractivity contribution in [3.63, 3.8) is 0 Å². The molecule has 3 aromatic rings. The highest BCUT2D eigenvalue weighted by Gasteiger charge is 2.26. The normalized spacial score (nSPS) is 15.0. The SMILES string of the molecule is CCOC(=O)c1ccc(NC(=O)CN2CCC(c3nnc(-c4ccco4)o3)CC2)cc1. The summed E-state index contributed by atoms with van der Waals surface area (Å²) in [5.41, 5.74) is 1.10. The number of amides is 1. The number of carbonyl (C=O) groups excluding carboxylic acids is 2. The van der Waals surface area contributed by atoms with Gasteiger partial charge in [0, 0.05) is 11.6 Å². The average Bonchev–Trinajstić information content (AvgIpc) is 3.47. The van der Waals surface area contributed by atoms with E-state index in [0.717, 1.165) is 25.9 Å². The van der Waals surface area contributed by atoms with Gasteiger partial charge in [-0.1, -0.05) is 0 Å². The summed E-state index contributed by atoms with van der Waals surface area (Å²) < 4.78 is 16.0. The second-order valence-corrected chi connectivity index (χ2v) is 7.32. The Bertz CT molecular complexity index is 1000. The number of rotatable bonds is 7. The lowest BCUT2D eigenvalue weighted by Gasteiger charge is -2.29. The van der Waals surface area contributed by atoms with Gasteiger partial charge in [0.1, 0.15) is 0 Å². The Morgan fingerprint density at radius 2 is 1.94 bits per heavy atom. The van der Waals surface area contributed by atoms with Crippen molar-refractivity contribution in [1.82, 2.24) is 15.1 Å². The predicted octanol–water partition coefficient (Wildman–Crippen LogP) is 3.32. The highest BCUT2D eigenvalue weighted by molar-refractivity contribution is 5.94. The van der Waals surface area contributed by atoms with Crippen LogP contribution >= 0.6 is 0 Å². The lowest BCUT2D eigenvalue weighted by atomic mass is 9.97. The van der Waals surface area contributed by atoms with E-state index in [0.29, 0.717) is 41.9 Å². The van der Waals surface area contributed by atoms with E-state index in [1.54, 1.807) is 49.6 Å². The smallest absolute Gasteiger partial charge is 0.338 e. The summed E-state index contributed by atoms with van der Waals surface area (Å²) in [6.45, 7) is 3.91. The molecule has 0 bridgehead atoms.